The molecule has 0 aliphatic carbocycles. The van der Waals surface area contributed by atoms with E-state index in [1.165, 1.54) is 18.2 Å². The third-order valence-corrected chi connectivity index (χ3v) is 5.73. The molecule has 6 nitrogen and oxygen atoms in total. The van der Waals surface area contributed by atoms with Crippen LogP contribution in [0.25, 0.3) is 6.08 Å². The van der Waals surface area contributed by atoms with Gasteiger partial charge in [-0.1, -0.05) is 0 Å². The van der Waals surface area contributed by atoms with E-state index in [4.69, 9.17) is 9.84 Å². The van der Waals surface area contributed by atoms with Crippen LogP contribution in [-0.4, -0.2) is 43.1 Å². The van der Waals surface area contributed by atoms with Crippen molar-refractivity contribution in [3.05, 3.63) is 65.7 Å². The van der Waals surface area contributed by atoms with Crippen molar-refractivity contribution in [3.63, 3.8) is 0 Å². The van der Waals surface area contributed by atoms with E-state index in [0.29, 0.717) is 11.3 Å². The molecule has 28 heavy (non-hydrogen) atoms. The van der Waals surface area contributed by atoms with Gasteiger partial charge < -0.3 is 0 Å². The Hall–Kier alpha value is -2.85. The van der Waals surface area contributed by atoms with E-state index < -0.39 is 33.4 Å². The Kier molecular flexibility index (Phi) is 7.18. The predicted octanol–water partition coefficient (Wildman–Crippen LogP) is 3.03. The number of amides is 1. The Morgan fingerprint density at radius 1 is 1.07 bits per heavy atom. The Bertz CT molecular complexity index is 915. The number of para-hydroxylation sites is 1. The van der Waals surface area contributed by atoms with E-state index in [1.807, 2.05) is 12.1 Å². The number of hydrogen-bond donors (Lipinski definition) is 2. The molecule has 0 aromatic heterocycles. The zero-order valence-electron chi connectivity index (χ0n) is 15.9. The number of carbonyl (C=O) groups is 3. The second kappa shape index (κ2) is 9.38. The van der Waals surface area contributed by atoms with Crippen molar-refractivity contribution in [2.24, 2.45) is 0 Å². The number of nitrogens with one attached hydrogen (secondary N) is 1. The Labute approximate surface area is 170 Å². The summed E-state index contributed by atoms with van der Waals surface area (Å²) in [6.45, 7) is 5.33. The van der Waals surface area contributed by atoms with Gasteiger partial charge in [0.25, 0.3) is 0 Å². The fourth-order valence-electron chi connectivity index (χ4n) is 2.24. The molecular formula is C21H22AsNO5. The van der Waals surface area contributed by atoms with E-state index >= 15 is 0 Å². The van der Waals surface area contributed by atoms with Crippen molar-refractivity contribution >= 4 is 48.5 Å². The normalized spacial score (nSPS) is 11.7. The third kappa shape index (κ3) is 7.04. The van der Waals surface area contributed by atoms with Crippen molar-refractivity contribution in [2.75, 3.05) is 5.32 Å². The van der Waals surface area contributed by atoms with E-state index in [9.17, 15) is 14.4 Å². The SMILES string of the molecule is CC(C)(C)OC(=O)Nc1ccccc1[AsH]C(=O)/C=C/c1cccc(C(=O)O)c1. The van der Waals surface area contributed by atoms with Gasteiger partial charge in [-0.3, -0.25) is 0 Å². The second-order valence-corrected chi connectivity index (χ2v) is 9.61. The van der Waals surface area contributed by atoms with Crippen LogP contribution in [0.15, 0.2) is 54.6 Å². The molecule has 0 aliphatic rings. The third-order valence-electron chi connectivity index (χ3n) is 3.38. The number of ether oxygens (including phenoxy) is 1. The number of allylic oxidation sites excluding steroid dienone is 1. The first-order chi connectivity index (χ1) is 13.1. The Balaban J connectivity index is 2.07. The summed E-state index contributed by atoms with van der Waals surface area (Å²) in [5, 5.41) is 11.7. The van der Waals surface area contributed by atoms with Gasteiger partial charge in [0.05, 0.1) is 0 Å². The van der Waals surface area contributed by atoms with Crippen molar-refractivity contribution in [2.45, 2.75) is 26.4 Å². The molecular weight excluding hydrogens is 421 g/mol. The average molecular weight is 443 g/mol. The Morgan fingerprint density at radius 3 is 2.46 bits per heavy atom. The van der Waals surface area contributed by atoms with Crippen LogP contribution in [-0.2, 0) is 9.53 Å². The number of benzene rings is 2. The summed E-state index contributed by atoms with van der Waals surface area (Å²) in [4.78, 5) is 35.4. The summed E-state index contributed by atoms with van der Waals surface area (Å²) in [5.41, 5.74) is 0.752. The molecule has 2 aromatic carbocycles. The molecule has 0 heterocycles. The number of anilines is 1. The van der Waals surface area contributed by atoms with Crippen molar-refractivity contribution in [3.8, 4) is 0 Å². The average Bonchev–Trinajstić information content (AvgIpc) is 2.60. The molecule has 0 fully saturated rings. The molecule has 1 atom stereocenters. The number of carboxylic acids is 1. The second-order valence-electron chi connectivity index (χ2n) is 6.93. The zero-order chi connectivity index (χ0) is 20.7. The summed E-state index contributed by atoms with van der Waals surface area (Å²) >= 11 is -1.21. The van der Waals surface area contributed by atoms with Gasteiger partial charge in [0.1, 0.15) is 0 Å². The van der Waals surface area contributed by atoms with Crippen LogP contribution in [0.4, 0.5) is 10.5 Å². The molecule has 2 rings (SSSR count). The van der Waals surface area contributed by atoms with E-state index in [0.717, 1.165) is 4.35 Å². The van der Waals surface area contributed by atoms with Crippen LogP contribution in [0.3, 0.4) is 0 Å². The molecule has 2 aromatic rings. The monoisotopic (exact) mass is 443 g/mol. The molecule has 1 amide bonds. The van der Waals surface area contributed by atoms with Crippen molar-refractivity contribution in [1.29, 1.82) is 0 Å². The number of hydrogen-bond acceptors (Lipinski definition) is 4. The van der Waals surface area contributed by atoms with Crippen LogP contribution >= 0.6 is 0 Å². The first-order valence-electron chi connectivity index (χ1n) is 8.55. The van der Waals surface area contributed by atoms with Crippen molar-refractivity contribution in [1.82, 2.24) is 0 Å². The van der Waals surface area contributed by atoms with Gasteiger partial charge in [-0.2, -0.15) is 0 Å². The molecule has 146 valence electrons. The molecule has 7 heteroatoms. The number of carboxylic acid groups (broad SMARTS) is 1. The maximum absolute atomic E-state index is 12.4. The van der Waals surface area contributed by atoms with E-state index in [1.54, 1.807) is 51.1 Å². The fourth-order valence-corrected chi connectivity index (χ4v) is 4.11. The molecule has 0 spiro atoms. The molecule has 2 N–H and O–H groups in total. The molecule has 0 bridgehead atoms. The summed E-state index contributed by atoms with van der Waals surface area (Å²) < 4.78 is 5.98. The topological polar surface area (TPSA) is 92.7 Å². The first kappa shape index (κ1) is 21.4. The zero-order valence-corrected chi connectivity index (χ0v) is 18.0. The van der Waals surface area contributed by atoms with E-state index in [2.05, 4.69) is 5.32 Å². The molecule has 0 aliphatic heterocycles. The molecule has 0 saturated carbocycles. The minimum atomic E-state index is -1.21. The summed E-state index contributed by atoms with van der Waals surface area (Å²) in [6, 6.07) is 13.5. The molecule has 1 unspecified atom stereocenters. The van der Waals surface area contributed by atoms with Crippen LogP contribution in [0.5, 0.6) is 0 Å². The maximum atomic E-state index is 12.4. The number of rotatable bonds is 6. The van der Waals surface area contributed by atoms with Gasteiger partial charge in [0.15, 0.2) is 0 Å². The van der Waals surface area contributed by atoms with Gasteiger partial charge >= 0.3 is 170 Å². The Morgan fingerprint density at radius 2 is 1.79 bits per heavy atom. The van der Waals surface area contributed by atoms with Gasteiger partial charge in [-0.15, -0.1) is 0 Å². The van der Waals surface area contributed by atoms with Gasteiger partial charge in [-0.05, 0) is 0 Å². The minimum absolute atomic E-state index is 0.0563. The van der Waals surface area contributed by atoms with Crippen molar-refractivity contribution < 1.29 is 24.2 Å². The van der Waals surface area contributed by atoms with Gasteiger partial charge in [0.2, 0.25) is 0 Å². The van der Waals surface area contributed by atoms with Gasteiger partial charge in [0, 0.05) is 0 Å². The first-order valence-corrected chi connectivity index (χ1v) is 10.7. The quantitative estimate of drug-likeness (QED) is 0.529. The predicted molar refractivity (Wildman–Crippen MR) is 111 cm³/mol. The van der Waals surface area contributed by atoms with Crippen LogP contribution < -0.4 is 9.67 Å². The standard InChI is InChI=1S/C21H22AsNO5/c1-21(2,3)28-20(27)23-17-10-5-4-9-16(17)22-18(24)12-11-14-7-6-8-15(13-14)19(25)26/h4-13,22H,1-3H3,(H,23,27)(H,25,26)/b12-11+. The summed E-state index contributed by atoms with van der Waals surface area (Å²) in [6.07, 6.45) is 2.48. The summed E-state index contributed by atoms with van der Waals surface area (Å²) in [5.74, 6) is -1.02. The van der Waals surface area contributed by atoms with Crippen LogP contribution in [0, 0.1) is 0 Å². The number of aromatic carboxylic acids is 1. The molecule has 0 radical (unpaired) electrons. The molecule has 0 saturated heterocycles. The number of carbonyl (C=O) groups excluding carboxylic acids is 2. The van der Waals surface area contributed by atoms with Crippen LogP contribution in [0.2, 0.25) is 0 Å². The summed E-state index contributed by atoms with van der Waals surface area (Å²) in [7, 11) is 0. The van der Waals surface area contributed by atoms with Gasteiger partial charge in [-0.25, -0.2) is 0 Å². The van der Waals surface area contributed by atoms with Crippen LogP contribution in [0.1, 0.15) is 36.7 Å². The fraction of sp³-hybridized carbons (Fsp3) is 0.190. The van der Waals surface area contributed by atoms with E-state index in [-0.39, 0.29) is 10.1 Å².